The van der Waals surface area contributed by atoms with Gasteiger partial charge in [-0.3, -0.25) is 9.59 Å². The normalized spacial score (nSPS) is 13.7. The van der Waals surface area contributed by atoms with Gasteiger partial charge in [0.05, 0.1) is 12.3 Å². The Labute approximate surface area is 160 Å². The summed E-state index contributed by atoms with van der Waals surface area (Å²) in [6, 6.07) is -1.95. The molecule has 158 valence electrons. The Morgan fingerprint density at radius 2 is 1.63 bits per heavy atom. The minimum Gasteiger partial charge on any atom is -0.353 e. The maximum atomic E-state index is 12.4. The van der Waals surface area contributed by atoms with Crippen LogP contribution >= 0.6 is 0 Å². The molecule has 27 heavy (non-hydrogen) atoms. The van der Waals surface area contributed by atoms with E-state index in [9.17, 15) is 22.8 Å². The third-order valence-electron chi connectivity index (χ3n) is 3.65. The molecule has 0 fully saturated rings. The van der Waals surface area contributed by atoms with Crippen LogP contribution in [0, 0.1) is 5.92 Å². The summed E-state index contributed by atoms with van der Waals surface area (Å²) in [6.07, 6.45) is 1.73. The fraction of sp³-hybridized carbons (Fsp3) is 0.800. The second-order valence-electron chi connectivity index (χ2n) is 6.46. The molecule has 11 nitrogen and oxygen atoms in total. The molecule has 0 radical (unpaired) electrons. The van der Waals surface area contributed by atoms with E-state index in [4.69, 9.17) is 5.73 Å². The predicted octanol–water partition coefficient (Wildman–Crippen LogP) is -2.17. The number of hydrogen-bond acceptors (Lipinski definition) is 6. The van der Waals surface area contributed by atoms with Crippen molar-refractivity contribution in [2.45, 2.75) is 38.8 Å². The first kappa shape index (κ1) is 25.1. The smallest absolute Gasteiger partial charge is 0.312 e. The molecular weight excluding hydrogens is 376 g/mol. The zero-order valence-electron chi connectivity index (χ0n) is 16.3. The van der Waals surface area contributed by atoms with Gasteiger partial charge < -0.3 is 27.0 Å². The van der Waals surface area contributed by atoms with E-state index in [1.54, 1.807) is 7.05 Å². The van der Waals surface area contributed by atoms with Gasteiger partial charge in [0.2, 0.25) is 21.8 Å². The lowest BCUT2D eigenvalue weighted by molar-refractivity contribution is -0.130. The van der Waals surface area contributed by atoms with Crippen LogP contribution in [-0.4, -0.2) is 71.3 Å². The van der Waals surface area contributed by atoms with Crippen molar-refractivity contribution < 1.29 is 22.8 Å². The molecule has 0 spiro atoms. The molecule has 0 aromatic heterocycles. The molecule has 0 rings (SSSR count). The summed E-state index contributed by atoms with van der Waals surface area (Å²) in [5.74, 6) is -0.727. The zero-order chi connectivity index (χ0) is 21.0. The second kappa shape index (κ2) is 12.5. The highest BCUT2D eigenvalue weighted by Gasteiger charge is 2.26. The Bertz CT molecular complexity index is 596. The SMILES string of the molecule is CN[C@H](C(=O)N[C@@H](CCCNC(N)=O)C(=O)NCCNS(C)(=O)=O)C(C)C. The highest BCUT2D eigenvalue weighted by molar-refractivity contribution is 7.88. The van der Waals surface area contributed by atoms with Gasteiger partial charge in [-0.05, 0) is 25.8 Å². The molecule has 0 heterocycles. The van der Waals surface area contributed by atoms with Crippen molar-refractivity contribution in [1.82, 2.24) is 26.0 Å². The van der Waals surface area contributed by atoms with Crippen LogP contribution in [0.15, 0.2) is 0 Å². The van der Waals surface area contributed by atoms with Crippen LogP contribution in [0.3, 0.4) is 0 Å². The molecule has 0 aliphatic carbocycles. The minimum atomic E-state index is -3.34. The lowest BCUT2D eigenvalue weighted by atomic mass is 10.0. The summed E-state index contributed by atoms with van der Waals surface area (Å²) in [7, 11) is -1.68. The Morgan fingerprint density at radius 3 is 2.11 bits per heavy atom. The number of primary amides is 1. The maximum absolute atomic E-state index is 12.4. The summed E-state index contributed by atoms with van der Waals surface area (Å²) in [5.41, 5.74) is 4.99. The van der Waals surface area contributed by atoms with E-state index in [0.717, 1.165) is 6.26 Å². The van der Waals surface area contributed by atoms with Crippen molar-refractivity contribution in [3.63, 3.8) is 0 Å². The fourth-order valence-corrected chi connectivity index (χ4v) is 2.83. The first-order chi connectivity index (χ1) is 12.5. The number of sulfonamides is 1. The number of likely N-dealkylation sites (N-methyl/N-ethyl adjacent to an activating group) is 1. The van der Waals surface area contributed by atoms with Gasteiger partial charge >= 0.3 is 6.03 Å². The standard InChI is InChI=1S/C15H32N6O5S/c1-10(2)12(17-3)14(23)21-11(6-5-7-19-15(16)24)13(22)18-8-9-20-27(4,25)26/h10-12,17,20H,5-9H2,1-4H3,(H,18,22)(H,21,23)(H3,16,19,24)/t11-,12-/m0/s1. The van der Waals surface area contributed by atoms with Crippen LogP contribution in [0.25, 0.3) is 0 Å². The van der Waals surface area contributed by atoms with E-state index in [1.165, 1.54) is 0 Å². The topological polar surface area (TPSA) is 172 Å². The monoisotopic (exact) mass is 408 g/mol. The van der Waals surface area contributed by atoms with Crippen LogP contribution in [0.4, 0.5) is 4.79 Å². The van der Waals surface area contributed by atoms with Gasteiger partial charge in [-0.1, -0.05) is 13.8 Å². The lowest BCUT2D eigenvalue weighted by Crippen LogP contribution is -2.54. The first-order valence-corrected chi connectivity index (χ1v) is 10.6. The van der Waals surface area contributed by atoms with Crippen molar-refractivity contribution in [3.05, 3.63) is 0 Å². The largest absolute Gasteiger partial charge is 0.353 e. The average Bonchev–Trinajstić information content (AvgIpc) is 2.53. The third kappa shape index (κ3) is 12.2. The summed E-state index contributed by atoms with van der Waals surface area (Å²) >= 11 is 0. The third-order valence-corrected chi connectivity index (χ3v) is 4.38. The van der Waals surface area contributed by atoms with E-state index in [1.807, 2.05) is 13.8 Å². The lowest BCUT2D eigenvalue weighted by Gasteiger charge is -2.24. The molecule has 7 N–H and O–H groups in total. The predicted molar refractivity (Wildman–Crippen MR) is 102 cm³/mol. The van der Waals surface area contributed by atoms with E-state index in [2.05, 4.69) is 26.0 Å². The van der Waals surface area contributed by atoms with Crippen LogP contribution in [0.2, 0.25) is 0 Å². The fourth-order valence-electron chi connectivity index (χ4n) is 2.36. The molecule has 0 aromatic carbocycles. The van der Waals surface area contributed by atoms with Gasteiger partial charge in [-0.25, -0.2) is 17.9 Å². The Morgan fingerprint density at radius 1 is 1.00 bits per heavy atom. The number of nitrogens with two attached hydrogens (primary N) is 1. The van der Waals surface area contributed by atoms with Gasteiger partial charge in [0.1, 0.15) is 6.04 Å². The molecule has 4 amide bonds. The number of urea groups is 1. The van der Waals surface area contributed by atoms with E-state index in [-0.39, 0.29) is 37.9 Å². The van der Waals surface area contributed by atoms with Gasteiger partial charge in [-0.2, -0.15) is 0 Å². The zero-order valence-corrected chi connectivity index (χ0v) is 17.1. The van der Waals surface area contributed by atoms with Gasteiger partial charge in [-0.15, -0.1) is 0 Å². The molecule has 0 aromatic rings. The summed E-state index contributed by atoms with van der Waals surface area (Å²) in [5, 5.41) is 10.6. The second-order valence-corrected chi connectivity index (χ2v) is 8.30. The maximum Gasteiger partial charge on any atom is 0.312 e. The molecule has 0 saturated carbocycles. The van der Waals surface area contributed by atoms with Crippen molar-refractivity contribution in [2.75, 3.05) is 32.9 Å². The number of carbonyl (C=O) groups excluding carboxylic acids is 3. The summed E-state index contributed by atoms with van der Waals surface area (Å²) in [4.78, 5) is 35.5. The molecule has 0 bridgehead atoms. The number of nitrogens with one attached hydrogen (secondary N) is 5. The van der Waals surface area contributed by atoms with Gasteiger partial charge in [0.15, 0.2) is 0 Å². The Hall–Kier alpha value is -1.92. The van der Waals surface area contributed by atoms with E-state index < -0.39 is 34.0 Å². The molecule has 0 saturated heterocycles. The van der Waals surface area contributed by atoms with Gasteiger partial charge in [0, 0.05) is 19.6 Å². The molecular formula is C15H32N6O5S. The highest BCUT2D eigenvalue weighted by Crippen LogP contribution is 2.04. The van der Waals surface area contributed by atoms with Crippen molar-refractivity contribution in [3.8, 4) is 0 Å². The average molecular weight is 409 g/mol. The number of carbonyl (C=O) groups is 3. The number of hydrogen-bond donors (Lipinski definition) is 6. The Kier molecular flexibility index (Phi) is 11.6. The highest BCUT2D eigenvalue weighted by atomic mass is 32.2. The number of amides is 4. The first-order valence-electron chi connectivity index (χ1n) is 8.71. The van der Waals surface area contributed by atoms with Crippen LogP contribution in [-0.2, 0) is 19.6 Å². The molecule has 2 atom stereocenters. The Balaban J connectivity index is 4.77. The van der Waals surface area contributed by atoms with Crippen molar-refractivity contribution in [1.29, 1.82) is 0 Å². The minimum absolute atomic E-state index is 0.0224. The van der Waals surface area contributed by atoms with E-state index >= 15 is 0 Å². The van der Waals surface area contributed by atoms with Crippen LogP contribution in [0.1, 0.15) is 26.7 Å². The summed E-state index contributed by atoms with van der Waals surface area (Å²) < 4.78 is 24.3. The van der Waals surface area contributed by atoms with Gasteiger partial charge in [0.25, 0.3) is 0 Å². The quantitative estimate of drug-likeness (QED) is 0.189. The van der Waals surface area contributed by atoms with Crippen molar-refractivity contribution in [2.24, 2.45) is 11.7 Å². The summed E-state index contributed by atoms with van der Waals surface area (Å²) in [6.45, 7) is 4.15. The van der Waals surface area contributed by atoms with Crippen LogP contribution in [0.5, 0.6) is 0 Å². The van der Waals surface area contributed by atoms with Crippen molar-refractivity contribution >= 4 is 27.9 Å². The molecule has 12 heteroatoms. The van der Waals surface area contributed by atoms with E-state index in [0.29, 0.717) is 6.42 Å². The molecule has 0 aliphatic rings. The molecule has 0 unspecified atom stereocenters. The van der Waals surface area contributed by atoms with Crippen LogP contribution < -0.4 is 31.7 Å². The number of rotatable bonds is 13. The molecule has 0 aliphatic heterocycles.